The summed E-state index contributed by atoms with van der Waals surface area (Å²) in [4.78, 5) is 25.3. The van der Waals surface area contributed by atoms with Crippen LogP contribution < -0.4 is 19.6 Å². The van der Waals surface area contributed by atoms with E-state index in [0.29, 0.717) is 47.8 Å². The molecule has 1 amide bonds. The minimum Gasteiger partial charge on any atom is -0.495 e. The number of nitrogens with zero attached hydrogens (tertiary/aromatic N) is 5. The molecule has 2 atom stereocenters. The van der Waals surface area contributed by atoms with Crippen LogP contribution in [0.25, 0.3) is 27.8 Å². The van der Waals surface area contributed by atoms with Crippen LogP contribution >= 0.6 is 23.2 Å². The largest absolute Gasteiger partial charge is 0.495 e. The lowest BCUT2D eigenvalue weighted by Gasteiger charge is -2.32. The van der Waals surface area contributed by atoms with E-state index < -0.39 is 10.1 Å². The molecule has 0 spiro atoms. The van der Waals surface area contributed by atoms with Gasteiger partial charge in [0, 0.05) is 35.4 Å². The van der Waals surface area contributed by atoms with Gasteiger partial charge < -0.3 is 24.3 Å². The number of methoxy groups -OCH3 is 1. The van der Waals surface area contributed by atoms with Crippen LogP contribution in [0.4, 0.5) is 5.95 Å². The molecule has 0 saturated carbocycles. The minimum absolute atomic E-state index is 0.0631. The molecule has 13 nitrogen and oxygen atoms in total. The number of hydrogen-bond donors (Lipinski definition) is 2. The van der Waals surface area contributed by atoms with Crippen molar-refractivity contribution in [3.05, 3.63) is 47.4 Å². The van der Waals surface area contributed by atoms with Gasteiger partial charge in [0.2, 0.25) is 11.9 Å². The van der Waals surface area contributed by atoms with Crippen LogP contribution in [0.15, 0.2) is 37.3 Å². The molecule has 1 saturated heterocycles. The van der Waals surface area contributed by atoms with E-state index in [1.165, 1.54) is 30.1 Å². The Labute approximate surface area is 238 Å². The average Bonchev–Trinajstić information content (AvgIpc) is 3.41. The van der Waals surface area contributed by atoms with Gasteiger partial charge in [0.1, 0.15) is 12.1 Å². The molecule has 2 N–H and O–H groups in total. The number of rotatable bonds is 8. The molecule has 0 aliphatic carbocycles. The summed E-state index contributed by atoms with van der Waals surface area (Å²) in [5.74, 6) is -0.0204. The lowest BCUT2D eigenvalue weighted by molar-refractivity contribution is -0.118. The number of nitrogens with one attached hydrogen (secondary N) is 2. The molecule has 210 valence electrons. The molecular weight excluding hydrogens is 585 g/mol. The quantitative estimate of drug-likeness (QED) is 0.224. The zero-order valence-corrected chi connectivity index (χ0v) is 23.5. The highest BCUT2D eigenvalue weighted by molar-refractivity contribution is 7.86. The fourth-order valence-corrected chi connectivity index (χ4v) is 5.53. The topological polar surface area (TPSA) is 159 Å². The Morgan fingerprint density at radius 1 is 1.20 bits per heavy atom. The van der Waals surface area contributed by atoms with Gasteiger partial charge in [-0.3, -0.25) is 4.79 Å². The van der Waals surface area contributed by atoms with Gasteiger partial charge >= 0.3 is 10.1 Å². The average molecular weight is 608 g/mol. The van der Waals surface area contributed by atoms with Crippen LogP contribution in [-0.4, -0.2) is 77.6 Å². The number of amides is 1. The second kappa shape index (κ2) is 11.0. The number of fused-ring (bicyclic) bond motifs is 3. The van der Waals surface area contributed by atoms with E-state index in [0.717, 1.165) is 6.26 Å². The van der Waals surface area contributed by atoms with Gasteiger partial charge in [-0.25, -0.2) is 9.97 Å². The van der Waals surface area contributed by atoms with Crippen LogP contribution in [0.3, 0.4) is 0 Å². The summed E-state index contributed by atoms with van der Waals surface area (Å²) >= 11 is 13.3. The lowest BCUT2D eigenvalue weighted by atomic mass is 10.0. The molecule has 5 rings (SSSR count). The molecule has 0 radical (unpaired) electrons. The van der Waals surface area contributed by atoms with Gasteiger partial charge in [-0.2, -0.15) is 23.0 Å². The third kappa shape index (κ3) is 5.47. The van der Waals surface area contributed by atoms with Crippen LogP contribution in [-0.2, 0) is 19.6 Å². The number of hydrogen-bond acceptors (Lipinski definition) is 11. The van der Waals surface area contributed by atoms with Crippen molar-refractivity contribution < 1.29 is 26.9 Å². The highest BCUT2D eigenvalue weighted by Gasteiger charge is 2.28. The van der Waals surface area contributed by atoms with Crippen molar-refractivity contribution in [1.82, 2.24) is 29.9 Å². The molecule has 1 fully saturated rings. The minimum atomic E-state index is -3.91. The van der Waals surface area contributed by atoms with Gasteiger partial charge in [-0.15, -0.1) is 0 Å². The zero-order valence-electron chi connectivity index (χ0n) is 21.2. The van der Waals surface area contributed by atoms with E-state index >= 15 is 0 Å². The Morgan fingerprint density at radius 3 is 2.70 bits per heavy atom. The first-order valence-electron chi connectivity index (χ1n) is 11.8. The second-order valence-electron chi connectivity index (χ2n) is 8.83. The van der Waals surface area contributed by atoms with Crippen molar-refractivity contribution in [3.63, 3.8) is 0 Å². The smallest absolute Gasteiger partial charge is 0.306 e. The third-order valence-corrected chi connectivity index (χ3v) is 7.37. The summed E-state index contributed by atoms with van der Waals surface area (Å²) in [7, 11) is -2.53. The maximum absolute atomic E-state index is 11.9. The van der Waals surface area contributed by atoms with Crippen LogP contribution in [0, 0.1) is 0 Å². The van der Waals surface area contributed by atoms with Crippen molar-refractivity contribution in [2.45, 2.75) is 18.5 Å². The molecule has 40 heavy (non-hydrogen) atoms. The first-order chi connectivity index (χ1) is 19.1. The molecular formula is C24H23Cl2N7O6S. The molecule has 0 bridgehead atoms. The number of benzene rings is 1. The van der Waals surface area contributed by atoms with Crippen molar-refractivity contribution >= 4 is 61.9 Å². The third-order valence-electron chi connectivity index (χ3n) is 6.13. The van der Waals surface area contributed by atoms with Gasteiger partial charge in [0.05, 0.1) is 42.1 Å². The number of carbonyl (C=O) groups excluding carboxylic acids is 1. The molecule has 1 aromatic carbocycles. The van der Waals surface area contributed by atoms with Gasteiger partial charge in [0.15, 0.2) is 17.0 Å². The summed E-state index contributed by atoms with van der Waals surface area (Å²) in [6.07, 6.45) is 5.64. The van der Waals surface area contributed by atoms with E-state index in [2.05, 4.69) is 37.3 Å². The Bertz CT molecular complexity index is 1750. The molecule has 1 aliphatic rings. The van der Waals surface area contributed by atoms with E-state index in [4.69, 9.17) is 36.9 Å². The molecule has 3 aromatic heterocycles. The van der Waals surface area contributed by atoms with Crippen LogP contribution in [0.2, 0.25) is 10.0 Å². The first kappa shape index (κ1) is 27.8. The summed E-state index contributed by atoms with van der Waals surface area (Å²) in [6, 6.07) is 2.50. The molecule has 16 heteroatoms. The van der Waals surface area contributed by atoms with E-state index in [-0.39, 0.29) is 45.1 Å². The molecule has 2 unspecified atom stereocenters. The van der Waals surface area contributed by atoms with Gasteiger partial charge in [0.25, 0.3) is 0 Å². The number of pyridine rings is 1. The van der Waals surface area contributed by atoms with Crippen molar-refractivity contribution in [2.24, 2.45) is 0 Å². The highest BCUT2D eigenvalue weighted by Crippen LogP contribution is 2.47. The molecule has 4 heterocycles. The maximum Gasteiger partial charge on any atom is 0.306 e. The van der Waals surface area contributed by atoms with Crippen molar-refractivity contribution in [3.8, 4) is 22.6 Å². The lowest BCUT2D eigenvalue weighted by Crippen LogP contribution is -2.52. The number of anilines is 1. The Balaban J connectivity index is 1.60. The summed E-state index contributed by atoms with van der Waals surface area (Å²) in [6.45, 7) is 4.33. The highest BCUT2D eigenvalue weighted by atomic mass is 35.5. The number of ether oxygens (including phenoxy) is 2. The molecule has 4 aromatic rings. The monoisotopic (exact) mass is 607 g/mol. The number of aromatic nitrogens is 5. The normalized spacial score (nSPS) is 17.5. The van der Waals surface area contributed by atoms with E-state index in [1.54, 1.807) is 12.3 Å². The van der Waals surface area contributed by atoms with Crippen LogP contribution in [0.5, 0.6) is 11.5 Å². The standard InChI is InChI=1S/C24H23Cl2N7O6S/c1-4-18(34)30-15-10-38-6-5-14(15)31-24-27-9-12-7-13(23-28-11-29-33(23)22(12)32-24)19-20(25)16(37-2)8-17(21(19)26)39-40(3,35)36/h4,7-9,11,14-15H,1,5-6,10H2,2-3H3,(H,30,34)(H,27,31,32). The Kier molecular flexibility index (Phi) is 7.68. The van der Waals surface area contributed by atoms with E-state index in [9.17, 15) is 13.2 Å². The number of carbonyl (C=O) groups is 1. The fourth-order valence-electron chi connectivity index (χ4n) is 4.37. The predicted molar refractivity (Wildman–Crippen MR) is 149 cm³/mol. The SMILES string of the molecule is C=CC(=O)NC1COCCC1Nc1ncc2cc(-c3c(Cl)c(OC)cc(OS(C)(=O)=O)c3Cl)c3ncnn3c2n1. The second-order valence-corrected chi connectivity index (χ2v) is 11.2. The van der Waals surface area contributed by atoms with Gasteiger partial charge in [-0.1, -0.05) is 29.8 Å². The molecule has 1 aliphatic heterocycles. The predicted octanol–water partition coefficient (Wildman–Crippen LogP) is 2.86. The zero-order chi connectivity index (χ0) is 28.6. The summed E-state index contributed by atoms with van der Waals surface area (Å²) < 4.78 is 41.1. The van der Waals surface area contributed by atoms with Crippen LogP contribution in [0.1, 0.15) is 6.42 Å². The Hall–Kier alpha value is -3.72. The number of halogens is 2. The maximum atomic E-state index is 11.9. The van der Waals surface area contributed by atoms with Crippen molar-refractivity contribution in [2.75, 3.05) is 31.9 Å². The van der Waals surface area contributed by atoms with E-state index in [1.807, 2.05) is 0 Å². The summed E-state index contributed by atoms with van der Waals surface area (Å²) in [5.41, 5.74) is 1.40. The van der Waals surface area contributed by atoms with Gasteiger partial charge in [-0.05, 0) is 18.6 Å². The van der Waals surface area contributed by atoms with Crippen molar-refractivity contribution in [1.29, 1.82) is 0 Å². The summed E-state index contributed by atoms with van der Waals surface area (Å²) in [5, 5.41) is 11.1. The fraction of sp³-hybridized carbons (Fsp3) is 0.292. The Morgan fingerprint density at radius 2 is 1.98 bits per heavy atom. The first-order valence-corrected chi connectivity index (χ1v) is 14.4.